The Morgan fingerprint density at radius 1 is 0.839 bits per heavy atom. The molecular weight excluding hydrogens is 394 g/mol. The lowest BCUT2D eigenvalue weighted by Crippen LogP contribution is -2.02. The predicted molar refractivity (Wildman–Crippen MR) is 119 cm³/mol. The first-order chi connectivity index (χ1) is 14.7. The van der Waals surface area contributed by atoms with Crippen LogP contribution in [-0.2, 0) is 0 Å². The average Bonchev–Trinajstić information content (AvgIpc) is 3.16. The average molecular weight is 419 g/mol. The summed E-state index contributed by atoms with van der Waals surface area (Å²) in [5, 5.41) is 46.1. The minimum Gasteiger partial charge on any atom is -0.508 e. The summed E-state index contributed by atoms with van der Waals surface area (Å²) < 4.78 is 1.54. The Bertz CT molecular complexity index is 1240. The minimum absolute atomic E-state index is 0.0813. The highest BCUT2D eigenvalue weighted by Gasteiger charge is 2.23. The second kappa shape index (κ2) is 7.50. The van der Waals surface area contributed by atoms with Gasteiger partial charge in [-0.3, -0.25) is 0 Å². The van der Waals surface area contributed by atoms with E-state index in [0.29, 0.717) is 16.9 Å². The number of nitrogens with zero attached hydrogens (tertiary/aromatic N) is 3. The van der Waals surface area contributed by atoms with Crippen molar-refractivity contribution >= 4 is 5.65 Å². The van der Waals surface area contributed by atoms with E-state index in [2.05, 4.69) is 10.1 Å². The first-order valence-electron chi connectivity index (χ1n) is 10.1. The Hall–Kier alpha value is -3.74. The summed E-state index contributed by atoms with van der Waals surface area (Å²) in [5.41, 5.74) is 4.10. The van der Waals surface area contributed by atoms with Crippen LogP contribution in [0.1, 0.15) is 50.7 Å². The van der Waals surface area contributed by atoms with E-state index < -0.39 is 0 Å². The Morgan fingerprint density at radius 2 is 1.42 bits per heavy atom. The number of aromatic hydroxyl groups is 4. The predicted octanol–water partition coefficient (Wildman–Crippen LogP) is 5.13. The van der Waals surface area contributed by atoms with Crippen molar-refractivity contribution in [2.75, 3.05) is 0 Å². The number of hydrogen-bond acceptors (Lipinski definition) is 6. The largest absolute Gasteiger partial charge is 0.508 e. The SMILES string of the molecule is CC(C)c1cc(-c2cnc3ccnn3c2-c2c(O)cc(O)cc2O)cc(C(C)C)c1O. The number of fused-ring (bicyclic) bond motifs is 1. The van der Waals surface area contributed by atoms with Gasteiger partial charge in [0.05, 0.1) is 17.5 Å². The standard InChI is InChI=1S/C24H25N3O4/c1-12(2)16-7-14(8-17(13(3)4)24(16)31)18-11-25-21-5-6-26-27(21)23(18)22-19(29)9-15(28)10-20(22)30/h5-13,28-31H,1-4H3. The number of phenols is 4. The Morgan fingerprint density at radius 3 is 1.97 bits per heavy atom. The molecule has 4 aromatic rings. The number of rotatable bonds is 4. The van der Waals surface area contributed by atoms with E-state index in [4.69, 9.17) is 0 Å². The van der Waals surface area contributed by atoms with Gasteiger partial charge in [-0.1, -0.05) is 27.7 Å². The lowest BCUT2D eigenvalue weighted by Gasteiger charge is -2.20. The first-order valence-corrected chi connectivity index (χ1v) is 10.1. The molecule has 0 saturated carbocycles. The number of phenolic OH excluding ortho intramolecular Hbond substituents is 4. The van der Waals surface area contributed by atoms with Crippen LogP contribution in [0.4, 0.5) is 0 Å². The van der Waals surface area contributed by atoms with Crippen molar-refractivity contribution in [2.24, 2.45) is 0 Å². The number of benzene rings is 2. The van der Waals surface area contributed by atoms with Crippen molar-refractivity contribution in [3.05, 3.63) is 53.9 Å². The summed E-state index contributed by atoms with van der Waals surface area (Å²) >= 11 is 0. The molecule has 4 rings (SSSR count). The first kappa shape index (κ1) is 20.5. The van der Waals surface area contributed by atoms with Gasteiger partial charge in [0.15, 0.2) is 5.65 Å². The molecule has 0 spiro atoms. The maximum absolute atomic E-state index is 10.8. The Kier molecular flexibility index (Phi) is 4.97. The Labute approximate surface area is 179 Å². The topological polar surface area (TPSA) is 111 Å². The molecule has 0 amide bonds. The van der Waals surface area contributed by atoms with E-state index in [-0.39, 0.29) is 40.4 Å². The zero-order valence-electron chi connectivity index (χ0n) is 17.8. The summed E-state index contributed by atoms with van der Waals surface area (Å²) in [6.07, 6.45) is 3.25. The van der Waals surface area contributed by atoms with Crippen LogP contribution in [0.3, 0.4) is 0 Å². The highest BCUT2D eigenvalue weighted by atomic mass is 16.3. The molecule has 7 nitrogen and oxygen atoms in total. The molecule has 7 heteroatoms. The molecule has 4 N–H and O–H groups in total. The molecule has 2 heterocycles. The van der Waals surface area contributed by atoms with Gasteiger partial charge in [0.25, 0.3) is 0 Å². The highest BCUT2D eigenvalue weighted by Crippen LogP contribution is 2.45. The fraction of sp³-hybridized carbons (Fsp3) is 0.250. The third-order valence-electron chi connectivity index (χ3n) is 5.46. The number of aromatic nitrogens is 3. The van der Waals surface area contributed by atoms with E-state index in [0.717, 1.165) is 16.7 Å². The third-order valence-corrected chi connectivity index (χ3v) is 5.46. The molecule has 0 atom stereocenters. The van der Waals surface area contributed by atoms with Crippen LogP contribution in [-0.4, -0.2) is 35.0 Å². The normalized spacial score (nSPS) is 11.7. The van der Waals surface area contributed by atoms with E-state index >= 15 is 0 Å². The van der Waals surface area contributed by atoms with Gasteiger partial charge in [-0.15, -0.1) is 0 Å². The maximum Gasteiger partial charge on any atom is 0.155 e. The zero-order valence-corrected chi connectivity index (χ0v) is 17.8. The smallest absolute Gasteiger partial charge is 0.155 e. The van der Waals surface area contributed by atoms with Crippen LogP contribution < -0.4 is 0 Å². The highest BCUT2D eigenvalue weighted by molar-refractivity contribution is 5.88. The molecule has 0 fully saturated rings. The summed E-state index contributed by atoms with van der Waals surface area (Å²) in [5.74, 6) is -0.378. The molecule has 160 valence electrons. The van der Waals surface area contributed by atoms with Crippen molar-refractivity contribution in [3.63, 3.8) is 0 Å². The van der Waals surface area contributed by atoms with Crippen molar-refractivity contribution in [3.8, 4) is 45.4 Å². The van der Waals surface area contributed by atoms with Gasteiger partial charge in [-0.2, -0.15) is 5.10 Å². The fourth-order valence-electron chi connectivity index (χ4n) is 3.88. The van der Waals surface area contributed by atoms with Crippen LogP contribution >= 0.6 is 0 Å². The van der Waals surface area contributed by atoms with Crippen molar-refractivity contribution in [1.82, 2.24) is 14.6 Å². The molecule has 0 unspecified atom stereocenters. The van der Waals surface area contributed by atoms with E-state index in [1.165, 1.54) is 16.6 Å². The van der Waals surface area contributed by atoms with Crippen molar-refractivity contribution in [2.45, 2.75) is 39.5 Å². The van der Waals surface area contributed by atoms with E-state index in [1.54, 1.807) is 18.5 Å². The molecule has 0 aliphatic carbocycles. The second-order valence-electron chi connectivity index (χ2n) is 8.29. The molecule has 0 radical (unpaired) electrons. The molecule has 0 aliphatic rings. The van der Waals surface area contributed by atoms with Gasteiger partial charge in [0.1, 0.15) is 23.0 Å². The monoisotopic (exact) mass is 419 g/mol. The lowest BCUT2D eigenvalue weighted by atomic mass is 9.88. The summed E-state index contributed by atoms with van der Waals surface area (Å²) in [6.45, 7) is 8.04. The van der Waals surface area contributed by atoms with Gasteiger partial charge in [0, 0.05) is 30.0 Å². The van der Waals surface area contributed by atoms with Crippen LogP contribution in [0.25, 0.3) is 28.0 Å². The molecule has 2 aromatic heterocycles. The van der Waals surface area contributed by atoms with Crippen LogP contribution in [0.15, 0.2) is 42.7 Å². The summed E-state index contributed by atoms with van der Waals surface area (Å²) in [7, 11) is 0. The quantitative estimate of drug-likeness (QED) is 0.365. The third kappa shape index (κ3) is 3.42. The van der Waals surface area contributed by atoms with Crippen molar-refractivity contribution < 1.29 is 20.4 Å². The molecule has 31 heavy (non-hydrogen) atoms. The van der Waals surface area contributed by atoms with Gasteiger partial charge >= 0.3 is 0 Å². The molecule has 2 aromatic carbocycles. The molecular formula is C24H25N3O4. The van der Waals surface area contributed by atoms with Crippen molar-refractivity contribution in [1.29, 1.82) is 0 Å². The summed E-state index contributed by atoms with van der Waals surface area (Å²) in [4.78, 5) is 4.48. The molecule has 0 bridgehead atoms. The fourth-order valence-corrected chi connectivity index (χ4v) is 3.88. The number of hydrogen-bond donors (Lipinski definition) is 4. The maximum atomic E-state index is 10.8. The van der Waals surface area contributed by atoms with Crippen LogP contribution in [0.2, 0.25) is 0 Å². The van der Waals surface area contributed by atoms with E-state index in [1.807, 2.05) is 39.8 Å². The van der Waals surface area contributed by atoms with Crippen LogP contribution in [0, 0.1) is 0 Å². The van der Waals surface area contributed by atoms with Gasteiger partial charge < -0.3 is 20.4 Å². The summed E-state index contributed by atoms with van der Waals surface area (Å²) in [6, 6.07) is 7.86. The van der Waals surface area contributed by atoms with Gasteiger partial charge in [-0.05, 0) is 40.7 Å². The van der Waals surface area contributed by atoms with Crippen LogP contribution in [0.5, 0.6) is 23.0 Å². The minimum atomic E-state index is -0.284. The lowest BCUT2D eigenvalue weighted by molar-refractivity contribution is 0.430. The molecule has 0 saturated heterocycles. The van der Waals surface area contributed by atoms with E-state index in [9.17, 15) is 20.4 Å². The second-order valence-corrected chi connectivity index (χ2v) is 8.29. The molecule has 0 aliphatic heterocycles. The van der Waals surface area contributed by atoms with Gasteiger partial charge in [-0.25, -0.2) is 9.50 Å². The van der Waals surface area contributed by atoms with Gasteiger partial charge in [0.2, 0.25) is 0 Å². The Balaban J connectivity index is 2.11. The zero-order chi connectivity index (χ0) is 22.4.